The van der Waals surface area contributed by atoms with Crippen LogP contribution in [0.1, 0.15) is 29.8 Å². The fourth-order valence-electron chi connectivity index (χ4n) is 1.34. The minimum absolute atomic E-state index is 0.597. The summed E-state index contributed by atoms with van der Waals surface area (Å²) in [5.74, 6) is 0. The van der Waals surface area contributed by atoms with E-state index in [0.717, 1.165) is 44.6 Å². The number of aryl methyl sites for hydroxylation is 1. The van der Waals surface area contributed by atoms with Gasteiger partial charge in [0.2, 0.25) is 0 Å². The lowest BCUT2D eigenvalue weighted by atomic mass is 10.2. The summed E-state index contributed by atoms with van der Waals surface area (Å²) in [5.41, 5.74) is 8.41. The summed E-state index contributed by atoms with van der Waals surface area (Å²) in [6, 6.07) is 0. The maximum atomic E-state index is 5.54. The average molecular weight is 258 g/mol. The molecule has 1 heterocycles. The number of thiocarbonyl (C=S) groups is 1. The van der Waals surface area contributed by atoms with Gasteiger partial charge in [-0.25, -0.2) is 4.98 Å². The summed E-state index contributed by atoms with van der Waals surface area (Å²) < 4.78 is 5.54. The Kier molecular flexibility index (Phi) is 6.52. The van der Waals surface area contributed by atoms with E-state index in [2.05, 4.69) is 4.98 Å². The number of thiazole rings is 1. The van der Waals surface area contributed by atoms with E-state index < -0.39 is 0 Å². The SMILES string of the molecule is Cc1ncsc1CCOCCCCC(N)=S. The number of nitrogens with two attached hydrogens (primary N) is 1. The highest BCUT2D eigenvalue weighted by Crippen LogP contribution is 2.12. The van der Waals surface area contributed by atoms with E-state index in [9.17, 15) is 0 Å². The van der Waals surface area contributed by atoms with Crippen LogP contribution < -0.4 is 5.73 Å². The molecule has 2 N–H and O–H groups in total. The Morgan fingerprint density at radius 2 is 2.31 bits per heavy atom. The fraction of sp³-hybridized carbons (Fsp3) is 0.636. The second-order valence-electron chi connectivity index (χ2n) is 3.65. The first-order valence-corrected chi connectivity index (χ1v) is 6.74. The van der Waals surface area contributed by atoms with Crippen molar-refractivity contribution >= 4 is 28.5 Å². The zero-order valence-electron chi connectivity index (χ0n) is 9.57. The van der Waals surface area contributed by atoms with Gasteiger partial charge in [-0.2, -0.15) is 0 Å². The summed E-state index contributed by atoms with van der Waals surface area (Å²) in [6.07, 6.45) is 3.84. The first-order valence-electron chi connectivity index (χ1n) is 5.45. The van der Waals surface area contributed by atoms with Crippen molar-refractivity contribution < 1.29 is 4.74 Å². The molecule has 0 unspecified atom stereocenters. The molecule has 0 aliphatic heterocycles. The molecule has 0 aliphatic rings. The summed E-state index contributed by atoms with van der Waals surface area (Å²) in [5, 5.41) is 0. The molecule has 0 spiro atoms. The van der Waals surface area contributed by atoms with Crippen LogP contribution in [0.25, 0.3) is 0 Å². The molecule has 0 radical (unpaired) electrons. The smallest absolute Gasteiger partial charge is 0.0797 e. The number of rotatable bonds is 8. The number of unbranched alkanes of at least 4 members (excludes halogenated alkanes) is 1. The molecular formula is C11H18N2OS2. The maximum Gasteiger partial charge on any atom is 0.0797 e. The minimum atomic E-state index is 0.597. The van der Waals surface area contributed by atoms with Crippen molar-refractivity contribution in [3.05, 3.63) is 16.1 Å². The third kappa shape index (κ3) is 5.53. The number of aromatic nitrogens is 1. The van der Waals surface area contributed by atoms with Gasteiger partial charge in [0.15, 0.2) is 0 Å². The monoisotopic (exact) mass is 258 g/mol. The molecule has 0 bridgehead atoms. The molecule has 3 nitrogen and oxygen atoms in total. The Labute approximate surface area is 106 Å². The van der Waals surface area contributed by atoms with Crippen LogP contribution in [0.2, 0.25) is 0 Å². The average Bonchev–Trinajstić information content (AvgIpc) is 2.62. The van der Waals surface area contributed by atoms with Gasteiger partial charge in [0, 0.05) is 17.9 Å². The van der Waals surface area contributed by atoms with Crippen LogP contribution in [0.15, 0.2) is 5.51 Å². The van der Waals surface area contributed by atoms with E-state index in [1.165, 1.54) is 4.88 Å². The molecule has 0 aliphatic carbocycles. The number of nitrogens with zero attached hydrogens (tertiary/aromatic N) is 1. The zero-order valence-corrected chi connectivity index (χ0v) is 11.2. The van der Waals surface area contributed by atoms with E-state index in [1.807, 2.05) is 12.4 Å². The second-order valence-corrected chi connectivity index (χ2v) is 5.11. The molecule has 16 heavy (non-hydrogen) atoms. The third-order valence-electron chi connectivity index (χ3n) is 2.28. The molecule has 0 saturated heterocycles. The Bertz CT molecular complexity index is 326. The molecule has 1 aromatic heterocycles. The lowest BCUT2D eigenvalue weighted by molar-refractivity contribution is 0.134. The van der Waals surface area contributed by atoms with Crippen molar-refractivity contribution in [1.29, 1.82) is 0 Å². The minimum Gasteiger partial charge on any atom is -0.393 e. The van der Waals surface area contributed by atoms with Gasteiger partial charge in [-0.1, -0.05) is 12.2 Å². The van der Waals surface area contributed by atoms with Gasteiger partial charge in [0.05, 0.1) is 22.8 Å². The highest BCUT2D eigenvalue weighted by atomic mass is 32.1. The van der Waals surface area contributed by atoms with E-state index >= 15 is 0 Å². The molecule has 0 saturated carbocycles. The van der Waals surface area contributed by atoms with Gasteiger partial charge >= 0.3 is 0 Å². The Balaban J connectivity index is 1.96. The van der Waals surface area contributed by atoms with Crippen molar-refractivity contribution in [3.63, 3.8) is 0 Å². The van der Waals surface area contributed by atoms with Gasteiger partial charge in [0.1, 0.15) is 0 Å². The topological polar surface area (TPSA) is 48.1 Å². The van der Waals surface area contributed by atoms with Gasteiger partial charge in [-0.05, 0) is 26.2 Å². The van der Waals surface area contributed by atoms with Gasteiger partial charge < -0.3 is 10.5 Å². The Morgan fingerprint density at radius 3 is 2.94 bits per heavy atom. The molecule has 90 valence electrons. The predicted octanol–water partition coefficient (Wildman–Crippen LogP) is 2.47. The molecule has 0 atom stereocenters. The summed E-state index contributed by atoms with van der Waals surface area (Å²) in [7, 11) is 0. The van der Waals surface area contributed by atoms with Crippen molar-refractivity contribution in [2.24, 2.45) is 5.73 Å². The quantitative estimate of drug-likeness (QED) is 0.575. The number of ether oxygens (including phenoxy) is 1. The van der Waals surface area contributed by atoms with Gasteiger partial charge in [-0.3, -0.25) is 0 Å². The van der Waals surface area contributed by atoms with E-state index in [1.54, 1.807) is 11.3 Å². The summed E-state index contributed by atoms with van der Waals surface area (Å²) >= 11 is 6.49. The highest BCUT2D eigenvalue weighted by molar-refractivity contribution is 7.80. The van der Waals surface area contributed by atoms with Crippen LogP contribution in [0.5, 0.6) is 0 Å². The molecule has 5 heteroatoms. The van der Waals surface area contributed by atoms with Crippen molar-refractivity contribution in [2.45, 2.75) is 32.6 Å². The molecule has 0 fully saturated rings. The summed E-state index contributed by atoms with van der Waals surface area (Å²) in [6.45, 7) is 3.60. The molecule has 0 amide bonds. The lowest BCUT2D eigenvalue weighted by Crippen LogP contribution is -2.07. The maximum absolute atomic E-state index is 5.54. The van der Waals surface area contributed by atoms with Gasteiger partial charge in [-0.15, -0.1) is 11.3 Å². The van der Waals surface area contributed by atoms with Crippen molar-refractivity contribution in [2.75, 3.05) is 13.2 Å². The van der Waals surface area contributed by atoms with Gasteiger partial charge in [0.25, 0.3) is 0 Å². The third-order valence-corrected chi connectivity index (χ3v) is 3.48. The fourth-order valence-corrected chi connectivity index (χ4v) is 2.24. The van der Waals surface area contributed by atoms with E-state index in [-0.39, 0.29) is 0 Å². The standard InChI is InChI=1S/C11H18N2OS2/c1-9-10(16-8-13-9)5-7-14-6-3-2-4-11(12)15/h8H,2-7H2,1H3,(H2,12,15). The van der Waals surface area contributed by atoms with Crippen LogP contribution >= 0.6 is 23.6 Å². The Morgan fingerprint density at radius 1 is 1.50 bits per heavy atom. The first-order chi connectivity index (χ1) is 7.70. The van der Waals surface area contributed by atoms with E-state index in [4.69, 9.17) is 22.7 Å². The zero-order chi connectivity index (χ0) is 11.8. The normalized spacial score (nSPS) is 10.6. The molecule has 0 aromatic carbocycles. The van der Waals surface area contributed by atoms with Crippen LogP contribution in [0, 0.1) is 6.92 Å². The van der Waals surface area contributed by atoms with Crippen LogP contribution in [-0.2, 0) is 11.2 Å². The number of hydrogen-bond donors (Lipinski definition) is 1. The van der Waals surface area contributed by atoms with Crippen molar-refractivity contribution in [1.82, 2.24) is 4.98 Å². The number of hydrogen-bond acceptors (Lipinski definition) is 4. The summed E-state index contributed by atoms with van der Waals surface area (Å²) in [4.78, 5) is 6.12. The van der Waals surface area contributed by atoms with Crippen molar-refractivity contribution in [3.8, 4) is 0 Å². The first kappa shape index (κ1) is 13.5. The van der Waals surface area contributed by atoms with Crippen LogP contribution in [0.3, 0.4) is 0 Å². The lowest BCUT2D eigenvalue weighted by Gasteiger charge is -2.03. The second kappa shape index (κ2) is 7.70. The highest BCUT2D eigenvalue weighted by Gasteiger charge is 2.00. The largest absolute Gasteiger partial charge is 0.393 e. The molecule has 1 aromatic rings. The van der Waals surface area contributed by atoms with Crippen LogP contribution in [0.4, 0.5) is 0 Å². The molecular weight excluding hydrogens is 240 g/mol. The molecule has 1 rings (SSSR count). The predicted molar refractivity (Wildman–Crippen MR) is 72.0 cm³/mol. The van der Waals surface area contributed by atoms with E-state index in [0.29, 0.717) is 4.99 Å². The Hall–Kier alpha value is -0.520. The van der Waals surface area contributed by atoms with Crippen LogP contribution in [-0.4, -0.2) is 23.2 Å².